The van der Waals surface area contributed by atoms with Crippen LogP contribution in [0.3, 0.4) is 0 Å². The predicted molar refractivity (Wildman–Crippen MR) is 62.1 cm³/mol. The summed E-state index contributed by atoms with van der Waals surface area (Å²) in [4.78, 5) is 11.2. The summed E-state index contributed by atoms with van der Waals surface area (Å²) in [5.41, 5.74) is 1.16. The molecule has 0 bridgehead atoms. The highest BCUT2D eigenvalue weighted by Gasteiger charge is 2.24. The number of amides is 1. The van der Waals surface area contributed by atoms with E-state index in [1.165, 1.54) is 0 Å². The molecule has 1 aromatic rings. The van der Waals surface area contributed by atoms with Gasteiger partial charge in [0.1, 0.15) is 4.32 Å². The van der Waals surface area contributed by atoms with Crippen LogP contribution in [0.4, 0.5) is 0 Å². The molecule has 1 N–H and O–H groups in total. The van der Waals surface area contributed by atoms with Gasteiger partial charge in [-0.1, -0.05) is 54.3 Å². The van der Waals surface area contributed by atoms with Crippen molar-refractivity contribution in [3.05, 3.63) is 35.9 Å². The van der Waals surface area contributed by atoms with Crippen molar-refractivity contribution in [1.29, 1.82) is 0 Å². The molecule has 2 rings (SSSR count). The fourth-order valence-electron chi connectivity index (χ4n) is 1.39. The molecule has 0 saturated carbocycles. The number of carbonyl (C=O) groups is 1. The van der Waals surface area contributed by atoms with Crippen molar-refractivity contribution in [2.45, 2.75) is 11.7 Å². The fourth-order valence-corrected chi connectivity index (χ4v) is 2.81. The molecule has 1 amide bonds. The Morgan fingerprint density at radius 2 is 2.07 bits per heavy atom. The molecule has 14 heavy (non-hydrogen) atoms. The number of carbonyl (C=O) groups excluding carboxylic acids is 1. The molecule has 0 spiro atoms. The van der Waals surface area contributed by atoms with E-state index in [2.05, 4.69) is 5.32 Å². The number of hydrogen-bond acceptors (Lipinski definition) is 3. The molecule has 4 heteroatoms. The molecule has 1 atom stereocenters. The van der Waals surface area contributed by atoms with Crippen LogP contribution < -0.4 is 5.32 Å². The number of benzene rings is 1. The first-order chi connectivity index (χ1) is 6.75. The smallest absolute Gasteiger partial charge is 0.226 e. The highest BCUT2D eigenvalue weighted by molar-refractivity contribution is 8.23. The highest BCUT2D eigenvalue weighted by atomic mass is 32.2. The minimum absolute atomic E-state index is 0.0163. The van der Waals surface area contributed by atoms with Crippen molar-refractivity contribution in [2.24, 2.45) is 0 Å². The maximum atomic E-state index is 11.2. The van der Waals surface area contributed by atoms with E-state index in [0.29, 0.717) is 10.7 Å². The summed E-state index contributed by atoms with van der Waals surface area (Å²) in [7, 11) is 0. The Balaban J connectivity index is 2.19. The molecule has 1 aromatic carbocycles. The van der Waals surface area contributed by atoms with E-state index in [1.54, 1.807) is 11.8 Å². The van der Waals surface area contributed by atoms with Crippen molar-refractivity contribution in [3.63, 3.8) is 0 Å². The van der Waals surface area contributed by atoms with Gasteiger partial charge in [-0.3, -0.25) is 4.79 Å². The van der Waals surface area contributed by atoms with Crippen molar-refractivity contribution < 1.29 is 4.79 Å². The number of thiocarbonyl (C=S) groups is 1. The zero-order valence-corrected chi connectivity index (χ0v) is 9.03. The highest BCUT2D eigenvalue weighted by Crippen LogP contribution is 2.34. The maximum Gasteiger partial charge on any atom is 0.226 e. The van der Waals surface area contributed by atoms with Crippen LogP contribution in [0.1, 0.15) is 17.2 Å². The van der Waals surface area contributed by atoms with E-state index < -0.39 is 0 Å². The van der Waals surface area contributed by atoms with E-state index >= 15 is 0 Å². The molecule has 0 radical (unpaired) electrons. The average Bonchev–Trinajstić information content (AvgIpc) is 2.18. The van der Waals surface area contributed by atoms with E-state index in [-0.39, 0.29) is 11.2 Å². The topological polar surface area (TPSA) is 29.1 Å². The minimum atomic E-state index is 0.0163. The van der Waals surface area contributed by atoms with E-state index in [0.717, 1.165) is 5.56 Å². The molecular formula is C10H9NOS2. The van der Waals surface area contributed by atoms with Gasteiger partial charge in [0.25, 0.3) is 0 Å². The number of hydrogen-bond donors (Lipinski definition) is 1. The summed E-state index contributed by atoms with van der Waals surface area (Å²) >= 11 is 6.53. The minimum Gasteiger partial charge on any atom is -0.312 e. The van der Waals surface area contributed by atoms with Crippen molar-refractivity contribution in [2.75, 3.05) is 0 Å². The van der Waals surface area contributed by atoms with Gasteiger partial charge in [-0.25, -0.2) is 0 Å². The predicted octanol–water partition coefficient (Wildman–Crippen LogP) is 2.27. The monoisotopic (exact) mass is 223 g/mol. The second-order valence-electron chi connectivity index (χ2n) is 3.06. The molecule has 1 aliphatic heterocycles. The average molecular weight is 223 g/mol. The van der Waals surface area contributed by atoms with Gasteiger partial charge >= 0.3 is 0 Å². The van der Waals surface area contributed by atoms with Gasteiger partial charge in [0, 0.05) is 11.7 Å². The van der Waals surface area contributed by atoms with Gasteiger partial charge in [-0.05, 0) is 5.56 Å². The molecular weight excluding hydrogens is 214 g/mol. The zero-order chi connectivity index (χ0) is 9.97. The van der Waals surface area contributed by atoms with Gasteiger partial charge in [0.05, 0.1) is 0 Å². The first kappa shape index (κ1) is 9.68. The summed E-state index contributed by atoms with van der Waals surface area (Å²) in [6.07, 6.45) is 0.509. The Morgan fingerprint density at radius 1 is 1.36 bits per heavy atom. The summed E-state index contributed by atoms with van der Waals surface area (Å²) < 4.78 is 0.579. The van der Waals surface area contributed by atoms with Crippen LogP contribution in [0.25, 0.3) is 0 Å². The zero-order valence-electron chi connectivity index (χ0n) is 7.40. The largest absolute Gasteiger partial charge is 0.312 e. The Kier molecular flexibility index (Phi) is 2.84. The summed E-state index contributed by atoms with van der Waals surface area (Å²) in [5, 5.41) is 2.81. The van der Waals surface area contributed by atoms with E-state index in [9.17, 15) is 4.79 Å². The van der Waals surface area contributed by atoms with Gasteiger partial charge in [-0.2, -0.15) is 0 Å². The third-order valence-corrected chi connectivity index (χ3v) is 3.46. The van der Waals surface area contributed by atoms with Gasteiger partial charge in [0.15, 0.2) is 0 Å². The van der Waals surface area contributed by atoms with Gasteiger partial charge in [-0.15, -0.1) is 0 Å². The normalized spacial score (nSPS) is 21.9. The third-order valence-electron chi connectivity index (χ3n) is 2.03. The molecule has 2 nitrogen and oxygen atoms in total. The van der Waals surface area contributed by atoms with Crippen LogP contribution in [0, 0.1) is 0 Å². The quantitative estimate of drug-likeness (QED) is 0.740. The molecule has 1 heterocycles. The Morgan fingerprint density at radius 3 is 2.71 bits per heavy atom. The first-order valence-corrected chi connectivity index (χ1v) is 5.60. The maximum absolute atomic E-state index is 11.2. The van der Waals surface area contributed by atoms with Crippen molar-refractivity contribution >= 4 is 34.2 Å². The van der Waals surface area contributed by atoms with Crippen LogP contribution >= 0.6 is 24.0 Å². The molecule has 1 saturated heterocycles. The van der Waals surface area contributed by atoms with Gasteiger partial charge < -0.3 is 5.32 Å². The SMILES string of the molecule is O=C1CC(c2ccccc2)SC(=S)N1. The molecule has 1 unspecified atom stereocenters. The summed E-state index contributed by atoms with van der Waals surface area (Å²) in [6, 6.07) is 9.98. The van der Waals surface area contributed by atoms with Crippen LogP contribution in [-0.2, 0) is 4.79 Å². The lowest BCUT2D eigenvalue weighted by atomic mass is 10.1. The van der Waals surface area contributed by atoms with Crippen LogP contribution in [0.15, 0.2) is 30.3 Å². The van der Waals surface area contributed by atoms with Crippen LogP contribution in [0.2, 0.25) is 0 Å². The summed E-state index contributed by atoms with van der Waals surface area (Å²) in [5.74, 6) is 0.0163. The van der Waals surface area contributed by atoms with E-state index in [1.807, 2.05) is 30.3 Å². The molecule has 72 valence electrons. The fraction of sp³-hybridized carbons (Fsp3) is 0.200. The number of nitrogens with one attached hydrogen (secondary N) is 1. The second-order valence-corrected chi connectivity index (χ2v) is 4.94. The second kappa shape index (κ2) is 4.11. The Bertz CT molecular complexity index is 348. The van der Waals surface area contributed by atoms with E-state index in [4.69, 9.17) is 12.2 Å². The lowest BCUT2D eigenvalue weighted by molar-refractivity contribution is -0.119. The molecule has 0 aromatic heterocycles. The van der Waals surface area contributed by atoms with Crippen molar-refractivity contribution in [1.82, 2.24) is 5.32 Å². The number of rotatable bonds is 1. The van der Waals surface area contributed by atoms with Crippen LogP contribution in [0.5, 0.6) is 0 Å². The first-order valence-electron chi connectivity index (χ1n) is 4.31. The Hall–Kier alpha value is -0.870. The third kappa shape index (κ3) is 2.13. The molecule has 0 aliphatic carbocycles. The summed E-state index contributed by atoms with van der Waals surface area (Å²) in [6.45, 7) is 0. The number of thioether (sulfide) groups is 1. The lowest BCUT2D eigenvalue weighted by Gasteiger charge is -2.22. The van der Waals surface area contributed by atoms with Crippen LogP contribution in [-0.4, -0.2) is 10.2 Å². The molecule has 1 aliphatic rings. The Labute approximate surface area is 92.1 Å². The van der Waals surface area contributed by atoms with Crippen molar-refractivity contribution in [3.8, 4) is 0 Å². The standard InChI is InChI=1S/C10H9NOS2/c12-9-6-8(14-10(13)11-9)7-4-2-1-3-5-7/h1-5,8H,6H2,(H,11,12,13). The molecule has 1 fully saturated rings. The lowest BCUT2D eigenvalue weighted by Crippen LogP contribution is -2.33. The van der Waals surface area contributed by atoms with Gasteiger partial charge in [0.2, 0.25) is 5.91 Å².